The third-order valence-electron chi connectivity index (χ3n) is 4.57. The highest BCUT2D eigenvalue weighted by Gasteiger charge is 2.49. The van der Waals surface area contributed by atoms with Gasteiger partial charge in [-0.25, -0.2) is 14.2 Å². The van der Waals surface area contributed by atoms with E-state index in [1.807, 2.05) is 0 Å². The Balaban J connectivity index is 1.41. The molecule has 2 aromatic heterocycles. The number of halogens is 2. The quantitative estimate of drug-likeness (QED) is 0.565. The monoisotopic (exact) mass is 418 g/mol. The molecular weight excluding hydrogens is 403 g/mol. The molecule has 10 heteroatoms. The molecule has 3 heterocycles. The first-order valence-corrected chi connectivity index (χ1v) is 9.11. The Morgan fingerprint density at radius 3 is 3.03 bits per heavy atom. The van der Waals surface area contributed by atoms with Crippen molar-refractivity contribution in [3.63, 3.8) is 0 Å². The molecule has 0 bridgehead atoms. The minimum Gasteiger partial charge on any atom is -0.407 e. The van der Waals surface area contributed by atoms with E-state index >= 15 is 0 Å². The molecule has 3 N–H and O–H groups in total. The van der Waals surface area contributed by atoms with Gasteiger partial charge in [0.05, 0.1) is 11.9 Å². The van der Waals surface area contributed by atoms with Gasteiger partial charge in [0, 0.05) is 36.1 Å². The maximum absolute atomic E-state index is 13.3. The number of nitrogens with one attached hydrogen (secondary N) is 2. The van der Waals surface area contributed by atoms with Gasteiger partial charge in [0.15, 0.2) is 0 Å². The summed E-state index contributed by atoms with van der Waals surface area (Å²) < 4.78 is 18.3. The highest BCUT2D eigenvalue weighted by atomic mass is 35.5. The second-order valence-corrected chi connectivity index (χ2v) is 7.06. The van der Waals surface area contributed by atoms with Gasteiger partial charge >= 0.3 is 6.09 Å². The van der Waals surface area contributed by atoms with Crippen LogP contribution >= 0.6 is 11.6 Å². The Labute approximate surface area is 169 Å². The third kappa shape index (κ3) is 3.87. The van der Waals surface area contributed by atoms with Crippen LogP contribution < -0.4 is 10.2 Å². The van der Waals surface area contributed by atoms with Crippen LogP contribution in [0.15, 0.2) is 42.7 Å². The smallest absolute Gasteiger partial charge is 0.407 e. The molecule has 1 saturated heterocycles. The summed E-state index contributed by atoms with van der Waals surface area (Å²) in [7, 11) is 0. The number of H-pyrrole nitrogens is 1. The number of rotatable bonds is 4. The minimum atomic E-state index is -2.29. The molecule has 0 aliphatic carbocycles. The van der Waals surface area contributed by atoms with Crippen molar-refractivity contribution in [1.29, 1.82) is 0 Å². The van der Waals surface area contributed by atoms with E-state index in [0.717, 1.165) is 11.5 Å². The Morgan fingerprint density at radius 2 is 2.24 bits per heavy atom. The number of fused-ring (bicyclic) bond motifs is 1. The average Bonchev–Trinajstić information content (AvgIpc) is 3.24. The number of benzene rings is 1. The van der Waals surface area contributed by atoms with Gasteiger partial charge in [-0.3, -0.25) is 4.79 Å². The topological polar surface area (TPSA) is 108 Å². The van der Waals surface area contributed by atoms with Gasteiger partial charge in [-0.15, -0.1) is 0 Å². The lowest BCUT2D eigenvalue weighted by Gasteiger charge is -2.22. The van der Waals surface area contributed by atoms with Crippen LogP contribution in [0, 0.1) is 5.82 Å². The molecule has 8 nitrogen and oxygen atoms in total. The number of carbonyl (C=O) groups is 2. The van der Waals surface area contributed by atoms with Crippen molar-refractivity contribution in [3.05, 3.63) is 59.1 Å². The van der Waals surface area contributed by atoms with Crippen molar-refractivity contribution < 1.29 is 23.8 Å². The van der Waals surface area contributed by atoms with Crippen molar-refractivity contribution in [2.24, 2.45) is 0 Å². The summed E-state index contributed by atoms with van der Waals surface area (Å²) in [5.74, 6) is -3.61. The van der Waals surface area contributed by atoms with E-state index in [2.05, 4.69) is 15.3 Å². The first-order chi connectivity index (χ1) is 13.8. The van der Waals surface area contributed by atoms with E-state index in [1.54, 1.807) is 18.3 Å². The van der Waals surface area contributed by atoms with Crippen LogP contribution in [0.25, 0.3) is 11.0 Å². The van der Waals surface area contributed by atoms with E-state index < -0.39 is 23.6 Å². The van der Waals surface area contributed by atoms with Crippen LogP contribution in [-0.4, -0.2) is 39.4 Å². The molecular formula is C19H16ClFN4O4. The number of hydrogen-bond donors (Lipinski definition) is 3. The number of carbonyl (C=O) groups excluding carboxylic acids is 2. The summed E-state index contributed by atoms with van der Waals surface area (Å²) in [6.07, 6.45) is 2.11. The molecule has 1 fully saturated rings. The predicted octanol–water partition coefficient (Wildman–Crippen LogP) is 2.71. The second kappa shape index (κ2) is 7.34. The Hall–Kier alpha value is -3.17. The Kier molecular flexibility index (Phi) is 4.85. The van der Waals surface area contributed by atoms with Crippen LogP contribution in [0.3, 0.4) is 0 Å². The van der Waals surface area contributed by atoms with Crippen molar-refractivity contribution >= 4 is 40.3 Å². The van der Waals surface area contributed by atoms with Gasteiger partial charge in [0.25, 0.3) is 11.7 Å². The summed E-state index contributed by atoms with van der Waals surface area (Å²) in [5, 5.41) is 13.9. The zero-order chi connectivity index (χ0) is 20.6. The number of nitrogens with zero attached hydrogens (tertiary/aromatic N) is 2. The first-order valence-electron chi connectivity index (χ1n) is 8.73. The van der Waals surface area contributed by atoms with E-state index in [4.69, 9.17) is 16.3 Å². The summed E-state index contributed by atoms with van der Waals surface area (Å²) in [4.78, 5) is 33.2. The summed E-state index contributed by atoms with van der Waals surface area (Å²) in [5.41, 5.74) is 1.56. The number of hydrogen-bond acceptors (Lipinski definition) is 5. The van der Waals surface area contributed by atoms with Gasteiger partial charge in [-0.05, 0) is 35.9 Å². The number of pyridine rings is 1. The van der Waals surface area contributed by atoms with Crippen molar-refractivity contribution in [3.8, 4) is 0 Å². The van der Waals surface area contributed by atoms with E-state index in [1.165, 1.54) is 23.2 Å². The van der Waals surface area contributed by atoms with Crippen LogP contribution in [0.2, 0.25) is 5.02 Å². The summed E-state index contributed by atoms with van der Waals surface area (Å²) in [6, 6.07) is 7.37. The zero-order valence-corrected chi connectivity index (χ0v) is 15.7. The number of aromatic amines is 1. The number of aliphatic hydroxyl groups is 1. The normalized spacial score (nSPS) is 19.0. The highest BCUT2D eigenvalue weighted by molar-refractivity contribution is 6.30. The van der Waals surface area contributed by atoms with Crippen LogP contribution in [0.1, 0.15) is 12.0 Å². The largest absolute Gasteiger partial charge is 0.410 e. The molecule has 2 amide bonds. The average molecular weight is 419 g/mol. The second-order valence-electron chi connectivity index (χ2n) is 6.62. The van der Waals surface area contributed by atoms with Gasteiger partial charge in [-0.2, -0.15) is 0 Å². The molecule has 0 radical (unpaired) electrons. The van der Waals surface area contributed by atoms with E-state index in [0.29, 0.717) is 16.9 Å². The Bertz CT molecular complexity index is 1080. The van der Waals surface area contributed by atoms with Gasteiger partial charge in [-0.1, -0.05) is 11.6 Å². The summed E-state index contributed by atoms with van der Waals surface area (Å²) in [6.45, 7) is 0.0676. The molecule has 1 aliphatic rings. The fourth-order valence-corrected chi connectivity index (χ4v) is 3.42. The zero-order valence-electron chi connectivity index (χ0n) is 15.0. The fourth-order valence-electron chi connectivity index (χ4n) is 3.18. The van der Waals surface area contributed by atoms with Crippen molar-refractivity contribution in [2.45, 2.75) is 18.8 Å². The third-order valence-corrected chi connectivity index (χ3v) is 4.79. The lowest BCUT2D eigenvalue weighted by Crippen LogP contribution is -2.46. The van der Waals surface area contributed by atoms with E-state index in [-0.39, 0.29) is 24.5 Å². The lowest BCUT2D eigenvalue weighted by atomic mass is 10.2. The maximum atomic E-state index is 13.3. The minimum absolute atomic E-state index is 0.0849. The van der Waals surface area contributed by atoms with Crippen LogP contribution in [0.4, 0.5) is 14.9 Å². The van der Waals surface area contributed by atoms with Crippen LogP contribution in [-0.2, 0) is 16.1 Å². The molecule has 1 aromatic carbocycles. The molecule has 0 saturated carbocycles. The fraction of sp³-hybridized carbons (Fsp3) is 0.211. The van der Waals surface area contributed by atoms with Crippen molar-refractivity contribution in [1.82, 2.24) is 15.3 Å². The number of amides is 2. The molecule has 4 rings (SSSR count). The molecule has 3 aromatic rings. The number of ether oxygens (including phenoxy) is 1. The molecule has 0 spiro atoms. The van der Waals surface area contributed by atoms with Gasteiger partial charge in [0.2, 0.25) is 0 Å². The first kappa shape index (κ1) is 19.2. The SMILES string of the molecule is O=C(NCc1cc(F)cc(Cl)c1)O[C@@]1(O)CCN(c2cnc3[nH]ccc3c2)C1=O. The van der Waals surface area contributed by atoms with Gasteiger partial charge in [0.1, 0.15) is 11.5 Å². The number of aromatic nitrogens is 2. The maximum Gasteiger partial charge on any atom is 0.410 e. The molecule has 150 valence electrons. The van der Waals surface area contributed by atoms with Crippen LogP contribution in [0.5, 0.6) is 0 Å². The standard InChI is InChI=1S/C19H16ClFN4O4/c20-13-5-11(6-14(21)8-13)9-24-18(27)29-19(28)2-4-25(17(19)26)15-7-12-1-3-22-16(12)23-10-15/h1,3,5-8,10,28H,2,4,9H2,(H,22,23)(H,24,27)/t19-/m0/s1. The van der Waals surface area contributed by atoms with Gasteiger partial charge < -0.3 is 25.0 Å². The van der Waals surface area contributed by atoms with Crippen molar-refractivity contribution in [2.75, 3.05) is 11.4 Å². The highest BCUT2D eigenvalue weighted by Crippen LogP contribution is 2.30. The molecule has 0 unspecified atom stereocenters. The molecule has 1 aliphatic heterocycles. The van der Waals surface area contributed by atoms with E-state index in [9.17, 15) is 19.1 Å². The number of anilines is 1. The predicted molar refractivity (Wildman–Crippen MR) is 103 cm³/mol. The number of alkyl carbamates (subject to hydrolysis) is 1. The Morgan fingerprint density at radius 1 is 1.41 bits per heavy atom. The molecule has 29 heavy (non-hydrogen) atoms. The lowest BCUT2D eigenvalue weighted by molar-refractivity contribution is -0.175. The molecule has 1 atom stereocenters. The summed E-state index contributed by atoms with van der Waals surface area (Å²) >= 11 is 5.77.